The minimum atomic E-state index is -3.60. The van der Waals surface area contributed by atoms with E-state index in [0.717, 1.165) is 28.1 Å². The van der Waals surface area contributed by atoms with E-state index in [9.17, 15) is 8.42 Å². The third kappa shape index (κ3) is 3.95. The normalized spacial score (nSPS) is 11.7. The summed E-state index contributed by atoms with van der Waals surface area (Å²) >= 11 is 0. The van der Waals surface area contributed by atoms with Gasteiger partial charge in [-0.3, -0.25) is 0 Å². The van der Waals surface area contributed by atoms with Crippen LogP contribution in [0.5, 0.6) is 5.75 Å². The van der Waals surface area contributed by atoms with Crippen LogP contribution in [0.1, 0.15) is 28.1 Å². The molecule has 0 saturated heterocycles. The van der Waals surface area contributed by atoms with Gasteiger partial charge in [0.05, 0.1) is 7.11 Å². The lowest BCUT2D eigenvalue weighted by Crippen LogP contribution is -2.26. The molecule has 2 N–H and O–H groups in total. The Balaban J connectivity index is 2.16. The minimum Gasteiger partial charge on any atom is -0.495 e. The molecule has 1 aromatic carbocycles. The number of H-pyrrole nitrogens is 1. The van der Waals surface area contributed by atoms with Crippen molar-refractivity contribution in [1.82, 2.24) is 9.71 Å². The van der Waals surface area contributed by atoms with Crippen molar-refractivity contribution in [2.24, 2.45) is 0 Å². The molecule has 6 heteroatoms. The monoisotopic (exact) mass is 336 g/mol. The molecule has 0 spiro atoms. The summed E-state index contributed by atoms with van der Waals surface area (Å²) in [5, 5.41) is 0. The molecule has 0 amide bonds. The summed E-state index contributed by atoms with van der Waals surface area (Å²) in [5.74, 6) is 0.370. The first-order valence-corrected chi connectivity index (χ1v) is 9.03. The van der Waals surface area contributed by atoms with E-state index in [4.69, 9.17) is 4.74 Å². The predicted octanol–water partition coefficient (Wildman–Crippen LogP) is 2.78. The molecule has 2 aromatic rings. The Bertz CT molecular complexity index is 807. The number of aromatic nitrogens is 1. The smallest absolute Gasteiger partial charge is 0.244 e. The van der Waals surface area contributed by atoms with Crippen LogP contribution in [-0.2, 0) is 16.4 Å². The van der Waals surface area contributed by atoms with Crippen LogP contribution in [-0.4, -0.2) is 27.1 Å². The molecule has 0 unspecified atom stereocenters. The molecule has 0 saturated carbocycles. The molecule has 126 valence electrons. The highest BCUT2D eigenvalue weighted by atomic mass is 32.2. The lowest BCUT2D eigenvalue weighted by Gasteiger charge is -2.13. The molecule has 0 bridgehead atoms. The van der Waals surface area contributed by atoms with Gasteiger partial charge in [0.15, 0.2) is 0 Å². The van der Waals surface area contributed by atoms with Gasteiger partial charge in [0.2, 0.25) is 10.0 Å². The molecule has 0 radical (unpaired) electrons. The Morgan fingerprint density at radius 2 is 1.74 bits per heavy atom. The van der Waals surface area contributed by atoms with Crippen molar-refractivity contribution in [3.05, 3.63) is 46.3 Å². The van der Waals surface area contributed by atoms with E-state index in [1.165, 1.54) is 7.11 Å². The second kappa shape index (κ2) is 6.76. The maximum atomic E-state index is 12.6. The van der Waals surface area contributed by atoms with Gasteiger partial charge in [0.25, 0.3) is 0 Å². The molecule has 1 heterocycles. The molecule has 0 aliphatic heterocycles. The Morgan fingerprint density at radius 1 is 1.09 bits per heavy atom. The van der Waals surface area contributed by atoms with E-state index in [1.807, 2.05) is 33.8 Å². The van der Waals surface area contributed by atoms with E-state index in [-0.39, 0.29) is 4.90 Å². The van der Waals surface area contributed by atoms with Crippen LogP contribution in [0.3, 0.4) is 0 Å². The number of ether oxygens (including phenoxy) is 1. The van der Waals surface area contributed by atoms with Gasteiger partial charge < -0.3 is 9.72 Å². The van der Waals surface area contributed by atoms with Gasteiger partial charge >= 0.3 is 0 Å². The fraction of sp³-hybridized carbons (Fsp3) is 0.412. The molecular formula is C17H24N2O3S. The number of methoxy groups -OCH3 is 1. The number of aryl methyl sites for hydroxylation is 4. The predicted molar refractivity (Wildman–Crippen MR) is 91.6 cm³/mol. The Hall–Kier alpha value is -1.79. The number of rotatable bonds is 6. The van der Waals surface area contributed by atoms with E-state index in [1.54, 1.807) is 12.1 Å². The number of sulfonamides is 1. The van der Waals surface area contributed by atoms with Crippen molar-refractivity contribution >= 4 is 10.0 Å². The largest absolute Gasteiger partial charge is 0.495 e. The van der Waals surface area contributed by atoms with E-state index in [2.05, 4.69) is 9.71 Å². The highest BCUT2D eigenvalue weighted by Gasteiger charge is 2.20. The summed E-state index contributed by atoms with van der Waals surface area (Å²) in [6.07, 6.45) is 0.641. The Morgan fingerprint density at radius 3 is 2.30 bits per heavy atom. The number of hydrogen-bond donors (Lipinski definition) is 2. The van der Waals surface area contributed by atoms with E-state index < -0.39 is 10.0 Å². The number of aromatic amines is 1. The van der Waals surface area contributed by atoms with Gasteiger partial charge in [-0.15, -0.1) is 0 Å². The first kappa shape index (κ1) is 17.6. The third-order valence-corrected chi connectivity index (χ3v) is 5.50. The van der Waals surface area contributed by atoms with Crippen LogP contribution in [0.4, 0.5) is 0 Å². The Labute approximate surface area is 138 Å². The number of nitrogens with one attached hydrogen (secondary N) is 2. The van der Waals surface area contributed by atoms with Crippen LogP contribution >= 0.6 is 0 Å². The summed E-state index contributed by atoms with van der Waals surface area (Å²) < 4.78 is 33.0. The molecule has 5 nitrogen and oxygen atoms in total. The second-order valence-corrected chi connectivity index (χ2v) is 7.57. The highest BCUT2D eigenvalue weighted by molar-refractivity contribution is 7.89. The van der Waals surface area contributed by atoms with E-state index in [0.29, 0.717) is 18.7 Å². The Kier molecular flexibility index (Phi) is 5.16. The van der Waals surface area contributed by atoms with Crippen LogP contribution in [0, 0.1) is 27.7 Å². The van der Waals surface area contributed by atoms with Crippen LogP contribution in [0.25, 0.3) is 0 Å². The van der Waals surface area contributed by atoms with Gasteiger partial charge in [-0.1, -0.05) is 0 Å². The number of hydrogen-bond acceptors (Lipinski definition) is 3. The van der Waals surface area contributed by atoms with Crippen LogP contribution in [0.2, 0.25) is 0 Å². The number of benzene rings is 1. The van der Waals surface area contributed by atoms with Gasteiger partial charge in [-0.2, -0.15) is 0 Å². The van der Waals surface area contributed by atoms with Crippen LogP contribution in [0.15, 0.2) is 23.1 Å². The molecular weight excluding hydrogens is 312 g/mol. The highest BCUT2D eigenvalue weighted by Crippen LogP contribution is 2.27. The maximum absolute atomic E-state index is 12.6. The minimum absolute atomic E-state index is 0.185. The van der Waals surface area contributed by atoms with Crippen LogP contribution < -0.4 is 9.46 Å². The van der Waals surface area contributed by atoms with Crippen molar-refractivity contribution in [1.29, 1.82) is 0 Å². The molecule has 2 rings (SSSR count). The van der Waals surface area contributed by atoms with E-state index >= 15 is 0 Å². The van der Waals surface area contributed by atoms with Crippen molar-refractivity contribution in [3.8, 4) is 5.75 Å². The molecule has 1 aromatic heterocycles. The zero-order valence-corrected chi connectivity index (χ0v) is 15.1. The molecule has 0 aliphatic rings. The standard InChI is InChI=1S/C17H24N2O3S/c1-11-8-16(22-5)17(9-12(11)2)23(20,21)18-7-6-15-10-13(3)19-14(15)4/h8-10,18-19H,6-7H2,1-5H3. The van der Waals surface area contributed by atoms with Gasteiger partial charge in [0.1, 0.15) is 10.6 Å². The summed E-state index contributed by atoms with van der Waals surface area (Å²) in [6.45, 7) is 8.14. The summed E-state index contributed by atoms with van der Waals surface area (Å²) in [7, 11) is -2.12. The van der Waals surface area contributed by atoms with Gasteiger partial charge in [0, 0.05) is 17.9 Å². The van der Waals surface area contributed by atoms with Crippen molar-refractivity contribution in [3.63, 3.8) is 0 Å². The summed E-state index contributed by atoms with van der Waals surface area (Å²) in [4.78, 5) is 3.41. The lowest BCUT2D eigenvalue weighted by atomic mass is 10.1. The molecule has 23 heavy (non-hydrogen) atoms. The zero-order chi connectivity index (χ0) is 17.2. The SMILES string of the molecule is COc1cc(C)c(C)cc1S(=O)(=O)NCCc1cc(C)[nH]c1C. The van der Waals surface area contributed by atoms with Crippen molar-refractivity contribution < 1.29 is 13.2 Å². The average Bonchev–Trinajstić information content (AvgIpc) is 2.79. The summed E-state index contributed by atoms with van der Waals surface area (Å²) in [6, 6.07) is 5.45. The van der Waals surface area contributed by atoms with Crippen molar-refractivity contribution in [2.45, 2.75) is 39.0 Å². The topological polar surface area (TPSA) is 71.2 Å². The lowest BCUT2D eigenvalue weighted by molar-refractivity contribution is 0.402. The van der Waals surface area contributed by atoms with Gasteiger partial charge in [-0.25, -0.2) is 13.1 Å². The quantitative estimate of drug-likeness (QED) is 0.852. The maximum Gasteiger partial charge on any atom is 0.244 e. The molecule has 0 aliphatic carbocycles. The average molecular weight is 336 g/mol. The zero-order valence-electron chi connectivity index (χ0n) is 14.3. The van der Waals surface area contributed by atoms with Gasteiger partial charge in [-0.05, 0) is 69.0 Å². The first-order chi connectivity index (χ1) is 10.7. The summed E-state index contributed by atoms with van der Waals surface area (Å²) in [5.41, 5.74) is 5.20. The molecule has 0 fully saturated rings. The second-order valence-electron chi connectivity index (χ2n) is 5.84. The molecule has 0 atom stereocenters. The first-order valence-electron chi connectivity index (χ1n) is 7.54. The fourth-order valence-electron chi connectivity index (χ4n) is 2.57. The van der Waals surface area contributed by atoms with Crippen molar-refractivity contribution in [2.75, 3.05) is 13.7 Å². The fourth-order valence-corrected chi connectivity index (χ4v) is 3.84. The third-order valence-electron chi connectivity index (χ3n) is 4.01.